The molecule has 30 heavy (non-hydrogen) atoms. The molecule has 0 aliphatic heterocycles. The van der Waals surface area contributed by atoms with Crippen molar-refractivity contribution < 1.29 is 9.59 Å². The number of hydrogen-bond acceptors (Lipinski definition) is 3. The van der Waals surface area contributed by atoms with Gasteiger partial charge in [-0.3, -0.25) is 14.4 Å². The van der Waals surface area contributed by atoms with Gasteiger partial charge in [-0.15, -0.1) is 0 Å². The van der Waals surface area contributed by atoms with E-state index in [9.17, 15) is 14.4 Å². The van der Waals surface area contributed by atoms with Crippen molar-refractivity contribution in [1.82, 2.24) is 4.57 Å². The van der Waals surface area contributed by atoms with Gasteiger partial charge in [0.1, 0.15) is 6.54 Å². The van der Waals surface area contributed by atoms with E-state index in [0.717, 1.165) is 11.3 Å². The molecule has 3 aromatic carbocycles. The van der Waals surface area contributed by atoms with Gasteiger partial charge in [-0.05, 0) is 30.7 Å². The normalized spacial score (nSPS) is 10.7. The molecule has 0 saturated heterocycles. The Hall–Kier alpha value is -3.99. The summed E-state index contributed by atoms with van der Waals surface area (Å²) in [5.74, 6) is -0.601. The number of aryl methyl sites for hydroxylation is 1. The van der Waals surface area contributed by atoms with Crippen molar-refractivity contribution >= 4 is 28.3 Å². The fraction of sp³-hybridized carbons (Fsp3) is 0.0800. The molecule has 4 aromatic rings. The van der Waals surface area contributed by atoms with E-state index in [1.54, 1.807) is 53.1 Å². The molecule has 1 heterocycles. The number of anilines is 1. The SMILES string of the molecule is Cc1ccccc1NC(=O)Cn1cc(C(=O)c2ccccc2)c(=O)c2ccccc21. The highest BCUT2D eigenvalue weighted by Crippen LogP contribution is 2.16. The number of fused-ring (bicyclic) bond motifs is 1. The number of rotatable bonds is 5. The molecule has 0 radical (unpaired) electrons. The van der Waals surface area contributed by atoms with Crippen LogP contribution < -0.4 is 10.7 Å². The number of carbonyl (C=O) groups excluding carboxylic acids is 2. The third kappa shape index (κ3) is 3.78. The summed E-state index contributed by atoms with van der Waals surface area (Å²) in [5, 5.41) is 3.30. The maximum Gasteiger partial charge on any atom is 0.244 e. The molecule has 1 amide bonds. The first-order valence-corrected chi connectivity index (χ1v) is 9.62. The summed E-state index contributed by atoms with van der Waals surface area (Å²) < 4.78 is 1.65. The van der Waals surface area contributed by atoms with E-state index in [-0.39, 0.29) is 29.2 Å². The second-order valence-corrected chi connectivity index (χ2v) is 7.08. The first kappa shape index (κ1) is 19.3. The van der Waals surface area contributed by atoms with Crippen LogP contribution in [0.1, 0.15) is 21.5 Å². The minimum Gasteiger partial charge on any atom is -0.337 e. The zero-order valence-corrected chi connectivity index (χ0v) is 16.5. The van der Waals surface area contributed by atoms with Gasteiger partial charge in [0.05, 0.1) is 11.1 Å². The Kier molecular flexibility index (Phi) is 5.26. The van der Waals surface area contributed by atoms with Crippen LogP contribution in [0.2, 0.25) is 0 Å². The Balaban J connectivity index is 1.75. The number of pyridine rings is 1. The van der Waals surface area contributed by atoms with Gasteiger partial charge in [0, 0.05) is 22.8 Å². The predicted octanol–water partition coefficient (Wildman–Crippen LogP) is 4.18. The number of nitrogens with zero attached hydrogens (tertiary/aromatic N) is 1. The smallest absolute Gasteiger partial charge is 0.244 e. The van der Waals surface area contributed by atoms with Crippen molar-refractivity contribution in [2.24, 2.45) is 0 Å². The molecule has 0 aliphatic rings. The fourth-order valence-corrected chi connectivity index (χ4v) is 3.44. The summed E-state index contributed by atoms with van der Waals surface area (Å²) in [6.45, 7) is 1.89. The molecule has 0 aliphatic carbocycles. The molecule has 0 fully saturated rings. The third-order valence-corrected chi connectivity index (χ3v) is 5.00. The van der Waals surface area contributed by atoms with Gasteiger partial charge in [-0.25, -0.2) is 0 Å². The molecule has 0 bridgehead atoms. The first-order chi connectivity index (χ1) is 14.5. The van der Waals surface area contributed by atoms with Crippen molar-refractivity contribution in [3.05, 3.63) is 112 Å². The van der Waals surface area contributed by atoms with Crippen molar-refractivity contribution in [2.75, 3.05) is 5.32 Å². The summed E-state index contributed by atoms with van der Waals surface area (Å²) in [6.07, 6.45) is 1.48. The van der Waals surface area contributed by atoms with Crippen LogP contribution in [0.5, 0.6) is 0 Å². The molecular formula is C25H20N2O3. The number of ketones is 1. The summed E-state index contributed by atoms with van der Waals surface area (Å²) in [5.41, 5.74) is 2.43. The van der Waals surface area contributed by atoms with Crippen LogP contribution in [0.3, 0.4) is 0 Å². The molecule has 1 aromatic heterocycles. The van der Waals surface area contributed by atoms with E-state index >= 15 is 0 Å². The topological polar surface area (TPSA) is 68.2 Å². The highest BCUT2D eigenvalue weighted by Gasteiger charge is 2.18. The zero-order chi connectivity index (χ0) is 21.1. The lowest BCUT2D eigenvalue weighted by atomic mass is 10.0. The Morgan fingerprint density at radius 2 is 1.53 bits per heavy atom. The van der Waals surface area contributed by atoms with E-state index in [1.807, 2.05) is 37.3 Å². The molecular weight excluding hydrogens is 376 g/mol. The van der Waals surface area contributed by atoms with E-state index in [1.165, 1.54) is 6.20 Å². The fourth-order valence-electron chi connectivity index (χ4n) is 3.44. The van der Waals surface area contributed by atoms with Crippen LogP contribution in [0, 0.1) is 6.92 Å². The Morgan fingerprint density at radius 1 is 0.867 bits per heavy atom. The molecule has 0 unspecified atom stereocenters. The van der Waals surface area contributed by atoms with Crippen LogP contribution >= 0.6 is 0 Å². The Labute approximate surface area is 173 Å². The van der Waals surface area contributed by atoms with Gasteiger partial charge < -0.3 is 9.88 Å². The summed E-state index contributed by atoms with van der Waals surface area (Å²) in [4.78, 5) is 38.7. The molecule has 1 N–H and O–H groups in total. The van der Waals surface area contributed by atoms with Crippen LogP contribution in [0.25, 0.3) is 10.9 Å². The standard InChI is InChI=1S/C25H20N2O3/c1-17-9-5-7-13-21(17)26-23(28)16-27-15-20(24(29)18-10-3-2-4-11-18)25(30)19-12-6-8-14-22(19)27/h2-15H,16H2,1H3,(H,26,28). The first-order valence-electron chi connectivity index (χ1n) is 9.62. The third-order valence-electron chi connectivity index (χ3n) is 5.00. The lowest BCUT2D eigenvalue weighted by Gasteiger charge is -2.14. The average molecular weight is 396 g/mol. The molecule has 5 heteroatoms. The maximum absolute atomic E-state index is 13.0. The van der Waals surface area contributed by atoms with Gasteiger partial charge in [-0.1, -0.05) is 60.7 Å². The van der Waals surface area contributed by atoms with Crippen molar-refractivity contribution in [3.63, 3.8) is 0 Å². The van der Waals surface area contributed by atoms with E-state index in [4.69, 9.17) is 0 Å². The number of nitrogens with one attached hydrogen (secondary N) is 1. The van der Waals surface area contributed by atoms with Crippen LogP contribution in [-0.2, 0) is 11.3 Å². The molecule has 0 atom stereocenters. The van der Waals surface area contributed by atoms with Gasteiger partial charge in [0.25, 0.3) is 0 Å². The van der Waals surface area contributed by atoms with Gasteiger partial charge >= 0.3 is 0 Å². The predicted molar refractivity (Wildman–Crippen MR) is 118 cm³/mol. The largest absolute Gasteiger partial charge is 0.337 e. The van der Waals surface area contributed by atoms with E-state index in [2.05, 4.69) is 5.32 Å². The molecule has 4 rings (SSSR count). The maximum atomic E-state index is 13.0. The second kappa shape index (κ2) is 8.17. The number of para-hydroxylation sites is 2. The zero-order valence-electron chi connectivity index (χ0n) is 16.5. The molecule has 148 valence electrons. The molecule has 0 saturated carbocycles. The van der Waals surface area contributed by atoms with E-state index < -0.39 is 0 Å². The lowest BCUT2D eigenvalue weighted by Crippen LogP contribution is -2.24. The summed E-state index contributed by atoms with van der Waals surface area (Å²) >= 11 is 0. The second-order valence-electron chi connectivity index (χ2n) is 7.08. The van der Waals surface area contributed by atoms with Crippen molar-refractivity contribution in [3.8, 4) is 0 Å². The van der Waals surface area contributed by atoms with E-state index in [0.29, 0.717) is 16.5 Å². The number of amides is 1. The number of carbonyl (C=O) groups is 2. The highest BCUT2D eigenvalue weighted by molar-refractivity contribution is 6.10. The highest BCUT2D eigenvalue weighted by atomic mass is 16.2. The van der Waals surface area contributed by atoms with Crippen molar-refractivity contribution in [1.29, 1.82) is 0 Å². The molecule has 5 nitrogen and oxygen atoms in total. The summed E-state index contributed by atoms with van der Waals surface area (Å²) in [6, 6.07) is 23.2. The summed E-state index contributed by atoms with van der Waals surface area (Å²) in [7, 11) is 0. The Bertz CT molecular complexity index is 1310. The number of aromatic nitrogens is 1. The quantitative estimate of drug-likeness (QED) is 0.515. The Morgan fingerprint density at radius 3 is 2.30 bits per heavy atom. The van der Waals surface area contributed by atoms with Gasteiger partial charge in [0.2, 0.25) is 11.3 Å². The van der Waals surface area contributed by atoms with Gasteiger partial charge in [-0.2, -0.15) is 0 Å². The minimum atomic E-state index is -0.362. The molecule has 0 spiro atoms. The lowest BCUT2D eigenvalue weighted by molar-refractivity contribution is -0.116. The van der Waals surface area contributed by atoms with Gasteiger partial charge in [0.15, 0.2) is 5.78 Å². The van der Waals surface area contributed by atoms with Crippen LogP contribution in [0.15, 0.2) is 89.9 Å². The average Bonchev–Trinajstić information content (AvgIpc) is 2.77. The number of benzene rings is 3. The number of hydrogen-bond donors (Lipinski definition) is 1. The minimum absolute atomic E-state index is 0.0236. The monoisotopic (exact) mass is 396 g/mol. The van der Waals surface area contributed by atoms with Crippen LogP contribution in [0.4, 0.5) is 5.69 Å². The van der Waals surface area contributed by atoms with Crippen LogP contribution in [-0.4, -0.2) is 16.3 Å². The van der Waals surface area contributed by atoms with Crippen molar-refractivity contribution in [2.45, 2.75) is 13.5 Å².